The first kappa shape index (κ1) is 22.4. The number of ether oxygens (including phenoxy) is 3. The minimum absolute atomic E-state index is 0.567. The maximum absolute atomic E-state index is 11.3. The van der Waals surface area contributed by atoms with Crippen LogP contribution < -0.4 is 5.32 Å². The summed E-state index contributed by atoms with van der Waals surface area (Å²) in [6.07, 6.45) is -12.1. The third-order valence-electron chi connectivity index (χ3n) is 4.78. The molecule has 0 bridgehead atoms. The van der Waals surface area contributed by atoms with Gasteiger partial charge < -0.3 is 55.3 Å². The number of rotatable bonds is 5. The summed E-state index contributed by atoms with van der Waals surface area (Å²) in [6, 6.07) is -1.30. The lowest BCUT2D eigenvalue weighted by molar-refractivity contribution is -0.369. The molecule has 10 atom stereocenters. The summed E-state index contributed by atoms with van der Waals surface area (Å²) in [5, 5.41) is 71.9. The molecule has 0 spiro atoms. The van der Waals surface area contributed by atoms with Crippen molar-refractivity contribution in [2.45, 2.75) is 74.7 Å². The summed E-state index contributed by atoms with van der Waals surface area (Å²) >= 11 is 0. The Labute approximate surface area is 154 Å². The van der Waals surface area contributed by atoms with Gasteiger partial charge in [0.1, 0.15) is 48.3 Å². The summed E-state index contributed by atoms with van der Waals surface area (Å²) in [7, 11) is 0. The van der Waals surface area contributed by atoms with Crippen LogP contribution in [-0.4, -0.2) is 116 Å². The van der Waals surface area contributed by atoms with Gasteiger partial charge in [0.2, 0.25) is 5.91 Å². The molecule has 0 radical (unpaired) electrons. The van der Waals surface area contributed by atoms with Crippen LogP contribution in [0.1, 0.15) is 13.8 Å². The van der Waals surface area contributed by atoms with E-state index in [1.54, 1.807) is 0 Å². The fourth-order valence-electron chi connectivity index (χ4n) is 3.17. The molecule has 2 aliphatic rings. The normalized spacial score (nSPS) is 48.3. The van der Waals surface area contributed by atoms with Gasteiger partial charge >= 0.3 is 0 Å². The Morgan fingerprint density at radius 2 is 1.67 bits per heavy atom. The fourth-order valence-corrected chi connectivity index (χ4v) is 3.17. The van der Waals surface area contributed by atoms with Crippen LogP contribution in [0.2, 0.25) is 0 Å². The maximum Gasteiger partial charge on any atom is 0.217 e. The molecule has 0 aliphatic carbocycles. The summed E-state index contributed by atoms with van der Waals surface area (Å²) in [5.74, 6) is -0.567. The van der Waals surface area contributed by atoms with Gasteiger partial charge in [0.05, 0.1) is 13.2 Å². The number of hydrogen-bond donors (Lipinski definition) is 8. The van der Waals surface area contributed by atoms with E-state index in [1.807, 2.05) is 0 Å². The van der Waals surface area contributed by atoms with Gasteiger partial charge in [-0.05, 0) is 6.92 Å². The number of nitrogens with one attached hydrogen (secondary N) is 1. The molecular weight excluding hydrogens is 370 g/mol. The molecule has 158 valence electrons. The molecule has 8 N–H and O–H groups in total. The van der Waals surface area contributed by atoms with Crippen LogP contribution in [0.4, 0.5) is 0 Å². The summed E-state index contributed by atoms with van der Waals surface area (Å²) in [4.78, 5) is 11.3. The second-order valence-corrected chi connectivity index (χ2v) is 6.92. The molecule has 0 aromatic rings. The lowest BCUT2D eigenvalue weighted by atomic mass is 9.87. The molecule has 1 unspecified atom stereocenters. The van der Waals surface area contributed by atoms with Crippen LogP contribution in [0.25, 0.3) is 0 Å². The number of aliphatic hydroxyl groups is 7. The van der Waals surface area contributed by atoms with Crippen molar-refractivity contribution in [3.05, 3.63) is 0 Å². The van der Waals surface area contributed by atoms with E-state index in [0.29, 0.717) is 0 Å². The number of hydrogen-bond acceptors (Lipinski definition) is 11. The van der Waals surface area contributed by atoms with E-state index in [1.165, 1.54) is 0 Å². The Morgan fingerprint density at radius 1 is 1.07 bits per heavy atom. The zero-order valence-corrected chi connectivity index (χ0v) is 14.9. The van der Waals surface area contributed by atoms with Gasteiger partial charge in [0.25, 0.3) is 0 Å². The minimum Gasteiger partial charge on any atom is -0.394 e. The van der Waals surface area contributed by atoms with Crippen LogP contribution in [0.3, 0.4) is 0 Å². The number of aliphatic hydroxyl groups excluding tert-OH is 6. The Hall–Kier alpha value is -0.930. The van der Waals surface area contributed by atoms with Crippen LogP contribution in [-0.2, 0) is 19.0 Å². The zero-order valence-electron chi connectivity index (χ0n) is 14.9. The van der Waals surface area contributed by atoms with Gasteiger partial charge in [0, 0.05) is 6.92 Å². The van der Waals surface area contributed by atoms with Gasteiger partial charge in [-0.2, -0.15) is 0 Å². The molecule has 0 aromatic carbocycles. The Kier molecular flexibility index (Phi) is 7.13. The highest BCUT2D eigenvalue weighted by Gasteiger charge is 2.55. The quantitative estimate of drug-likeness (QED) is 0.221. The maximum atomic E-state index is 11.3. The Balaban J connectivity index is 2.24. The number of carbonyl (C=O) groups is 1. The van der Waals surface area contributed by atoms with Crippen molar-refractivity contribution in [3.63, 3.8) is 0 Å². The molecule has 0 aromatic heterocycles. The molecule has 2 fully saturated rings. The highest BCUT2D eigenvalue weighted by molar-refractivity contribution is 5.73. The van der Waals surface area contributed by atoms with Crippen LogP contribution >= 0.6 is 0 Å². The van der Waals surface area contributed by atoms with Gasteiger partial charge in [0.15, 0.2) is 12.6 Å². The topological polar surface area (TPSA) is 198 Å². The van der Waals surface area contributed by atoms with Crippen LogP contribution in [0, 0.1) is 0 Å². The van der Waals surface area contributed by atoms with E-state index in [9.17, 15) is 40.5 Å². The molecule has 0 saturated carbocycles. The van der Waals surface area contributed by atoms with Crippen molar-refractivity contribution in [3.8, 4) is 0 Å². The lowest BCUT2D eigenvalue weighted by Gasteiger charge is -2.49. The van der Waals surface area contributed by atoms with Crippen LogP contribution in [0.5, 0.6) is 0 Å². The molecule has 12 nitrogen and oxygen atoms in total. The lowest BCUT2D eigenvalue weighted by Crippen LogP contribution is -2.69. The van der Waals surface area contributed by atoms with Crippen molar-refractivity contribution < 1.29 is 54.8 Å². The second-order valence-electron chi connectivity index (χ2n) is 6.92. The molecule has 12 heteroatoms. The van der Waals surface area contributed by atoms with Crippen LogP contribution in [0.15, 0.2) is 0 Å². The predicted octanol–water partition coefficient (Wildman–Crippen LogP) is -4.86. The van der Waals surface area contributed by atoms with Crippen molar-refractivity contribution in [2.75, 3.05) is 13.2 Å². The third-order valence-corrected chi connectivity index (χ3v) is 4.78. The van der Waals surface area contributed by atoms with Crippen molar-refractivity contribution in [1.29, 1.82) is 0 Å². The standard InChI is InChI=1S/C15H27NO11/c1-5(19)16-8-10(21)11(7(4-18)25-13(8)23)27-14-15(2,24)12(22)9(20)6(3-17)26-14/h6-14,17-18,20-24H,3-4H2,1-2H3,(H,16,19)/t6-,7-,8-,9+,10-,11-,12+,13?,14+,15-/m1/s1. The highest BCUT2D eigenvalue weighted by Crippen LogP contribution is 2.33. The van der Waals surface area contributed by atoms with Crippen molar-refractivity contribution in [2.24, 2.45) is 0 Å². The van der Waals surface area contributed by atoms with Gasteiger partial charge in [-0.1, -0.05) is 0 Å². The first-order valence-electron chi connectivity index (χ1n) is 8.44. The first-order chi connectivity index (χ1) is 12.5. The fraction of sp³-hybridized carbons (Fsp3) is 0.933. The molecular formula is C15H27NO11. The average Bonchev–Trinajstić information content (AvgIpc) is 2.60. The van der Waals surface area contributed by atoms with E-state index >= 15 is 0 Å². The largest absolute Gasteiger partial charge is 0.394 e. The second kappa shape index (κ2) is 8.61. The van der Waals surface area contributed by atoms with E-state index in [-0.39, 0.29) is 0 Å². The summed E-state index contributed by atoms with van der Waals surface area (Å²) < 4.78 is 16.0. The van der Waals surface area contributed by atoms with Crippen molar-refractivity contribution >= 4 is 5.91 Å². The highest BCUT2D eigenvalue weighted by atomic mass is 16.7. The average molecular weight is 397 g/mol. The SMILES string of the molecule is CC(=O)N[C@H]1C(O)O[C@H](CO)[C@@H](O[C@@H]2O[C@H](CO)[C@H](O)[C@H](O)[C@@]2(C)O)[C@@H]1O. The summed E-state index contributed by atoms with van der Waals surface area (Å²) in [5.41, 5.74) is -2.15. The number of carbonyl (C=O) groups excluding carboxylic acids is 1. The van der Waals surface area contributed by atoms with Gasteiger partial charge in [-0.15, -0.1) is 0 Å². The van der Waals surface area contributed by atoms with Gasteiger partial charge in [-0.3, -0.25) is 4.79 Å². The molecule has 2 heterocycles. The van der Waals surface area contributed by atoms with E-state index in [0.717, 1.165) is 13.8 Å². The third kappa shape index (κ3) is 4.40. The van der Waals surface area contributed by atoms with E-state index in [4.69, 9.17) is 14.2 Å². The Morgan fingerprint density at radius 3 is 2.19 bits per heavy atom. The minimum atomic E-state index is -2.15. The van der Waals surface area contributed by atoms with Crippen molar-refractivity contribution in [1.82, 2.24) is 5.32 Å². The number of amides is 1. The molecule has 2 rings (SSSR count). The molecule has 1 amide bonds. The zero-order chi connectivity index (χ0) is 20.5. The smallest absolute Gasteiger partial charge is 0.217 e. The summed E-state index contributed by atoms with van der Waals surface area (Å²) in [6.45, 7) is 0.902. The Bertz CT molecular complexity index is 518. The molecule has 27 heavy (non-hydrogen) atoms. The van der Waals surface area contributed by atoms with E-state index < -0.39 is 80.0 Å². The first-order valence-corrected chi connectivity index (χ1v) is 8.44. The molecule has 2 aliphatic heterocycles. The predicted molar refractivity (Wildman–Crippen MR) is 84.8 cm³/mol. The van der Waals surface area contributed by atoms with Gasteiger partial charge in [-0.25, -0.2) is 0 Å². The molecule has 2 saturated heterocycles. The van der Waals surface area contributed by atoms with E-state index in [2.05, 4.69) is 5.32 Å². The monoisotopic (exact) mass is 397 g/mol.